The number of carbonyl (C=O) groups excluding carboxylic acids is 2. The van der Waals surface area contributed by atoms with E-state index in [0.717, 1.165) is 5.56 Å². The minimum Gasteiger partial charge on any atom is -0.451 e. The van der Waals surface area contributed by atoms with E-state index in [0.29, 0.717) is 11.4 Å². The first-order valence-corrected chi connectivity index (χ1v) is 7.03. The van der Waals surface area contributed by atoms with Gasteiger partial charge in [0.05, 0.1) is 0 Å². The normalized spacial score (nSPS) is 10.1. The number of carbonyl (C=O) groups is 2. The third-order valence-electron chi connectivity index (χ3n) is 2.74. The highest BCUT2D eigenvalue weighted by Gasteiger charge is 2.14. The Morgan fingerprint density at radius 3 is 2.55 bits per heavy atom. The number of esters is 1. The van der Waals surface area contributed by atoms with Gasteiger partial charge in [-0.25, -0.2) is 4.79 Å². The van der Waals surface area contributed by atoms with Crippen molar-refractivity contribution >= 4 is 23.2 Å². The van der Waals surface area contributed by atoms with E-state index in [9.17, 15) is 9.59 Å². The second kappa shape index (κ2) is 6.86. The van der Waals surface area contributed by atoms with Crippen LogP contribution in [0.3, 0.4) is 0 Å². The number of benzene rings is 1. The Morgan fingerprint density at radius 1 is 1.15 bits per heavy atom. The van der Waals surface area contributed by atoms with Crippen LogP contribution in [0.5, 0.6) is 0 Å². The summed E-state index contributed by atoms with van der Waals surface area (Å²) in [5.74, 6) is -0.680. The van der Waals surface area contributed by atoms with Crippen molar-refractivity contribution in [3.8, 4) is 0 Å². The maximum Gasteiger partial charge on any atom is 0.348 e. The third-order valence-corrected chi connectivity index (χ3v) is 3.59. The summed E-state index contributed by atoms with van der Waals surface area (Å²) < 4.78 is 4.99. The van der Waals surface area contributed by atoms with E-state index in [1.54, 1.807) is 24.6 Å². The molecule has 0 aliphatic heterocycles. The summed E-state index contributed by atoms with van der Waals surface area (Å²) in [4.78, 5) is 25.5. The Balaban J connectivity index is 1.81. The fourth-order valence-corrected chi connectivity index (χ4v) is 2.26. The molecule has 0 bridgehead atoms. The second-order valence-corrected chi connectivity index (χ2v) is 5.24. The Kier molecular flexibility index (Phi) is 4.90. The Bertz CT molecular complexity index is 566. The Morgan fingerprint density at radius 2 is 1.90 bits per heavy atom. The van der Waals surface area contributed by atoms with Crippen molar-refractivity contribution in [3.63, 3.8) is 0 Å². The zero-order valence-corrected chi connectivity index (χ0v) is 11.9. The van der Waals surface area contributed by atoms with Crippen molar-refractivity contribution < 1.29 is 14.3 Å². The molecule has 2 rings (SSSR count). The lowest BCUT2D eigenvalue weighted by atomic mass is 10.2. The first-order chi connectivity index (χ1) is 9.66. The molecule has 1 aromatic carbocycles. The summed E-state index contributed by atoms with van der Waals surface area (Å²) in [6.45, 7) is 0.260. The highest BCUT2D eigenvalue weighted by atomic mass is 32.1. The molecule has 0 atom stereocenters. The number of rotatable bonds is 5. The maximum atomic E-state index is 11.9. The van der Waals surface area contributed by atoms with Crippen LogP contribution in [0.15, 0.2) is 47.8 Å². The van der Waals surface area contributed by atoms with Gasteiger partial charge in [0.2, 0.25) is 0 Å². The van der Waals surface area contributed by atoms with E-state index in [4.69, 9.17) is 4.74 Å². The molecule has 0 radical (unpaired) electrons. The van der Waals surface area contributed by atoms with Crippen molar-refractivity contribution in [2.45, 2.75) is 6.54 Å². The van der Waals surface area contributed by atoms with Gasteiger partial charge in [-0.2, -0.15) is 0 Å². The van der Waals surface area contributed by atoms with Gasteiger partial charge >= 0.3 is 5.97 Å². The summed E-state index contributed by atoms with van der Waals surface area (Å²) in [5.41, 5.74) is 1.04. The summed E-state index contributed by atoms with van der Waals surface area (Å²) in [5, 5.41) is 1.79. The van der Waals surface area contributed by atoms with Crippen LogP contribution in [0.4, 0.5) is 0 Å². The molecule has 0 N–H and O–H groups in total. The average Bonchev–Trinajstić information content (AvgIpc) is 2.99. The van der Waals surface area contributed by atoms with Gasteiger partial charge in [-0.1, -0.05) is 36.4 Å². The number of thiophene rings is 1. The molecule has 20 heavy (non-hydrogen) atoms. The van der Waals surface area contributed by atoms with E-state index in [1.165, 1.54) is 16.2 Å². The molecule has 2 aromatic rings. The summed E-state index contributed by atoms with van der Waals surface area (Å²) >= 11 is 1.29. The van der Waals surface area contributed by atoms with E-state index in [1.807, 2.05) is 30.3 Å². The van der Waals surface area contributed by atoms with Crippen LogP contribution >= 0.6 is 11.3 Å². The summed E-state index contributed by atoms with van der Waals surface area (Å²) in [7, 11) is 1.69. The molecule has 0 spiro atoms. The number of nitrogens with zero attached hydrogens (tertiary/aromatic N) is 1. The van der Waals surface area contributed by atoms with E-state index in [2.05, 4.69) is 0 Å². The van der Waals surface area contributed by atoms with Crippen molar-refractivity contribution in [1.29, 1.82) is 0 Å². The molecule has 1 amide bonds. The maximum absolute atomic E-state index is 11.9. The van der Waals surface area contributed by atoms with Crippen LogP contribution in [0, 0.1) is 0 Å². The number of hydrogen-bond donors (Lipinski definition) is 0. The van der Waals surface area contributed by atoms with Crippen molar-refractivity contribution in [1.82, 2.24) is 4.90 Å². The van der Waals surface area contributed by atoms with Gasteiger partial charge in [0.15, 0.2) is 6.61 Å². The first-order valence-electron chi connectivity index (χ1n) is 6.15. The first kappa shape index (κ1) is 14.3. The number of hydrogen-bond acceptors (Lipinski definition) is 4. The van der Waals surface area contributed by atoms with Crippen LogP contribution in [0.2, 0.25) is 0 Å². The minimum absolute atomic E-state index is 0.223. The van der Waals surface area contributed by atoms with Crippen LogP contribution in [0.25, 0.3) is 0 Å². The number of likely N-dealkylation sites (N-methyl/N-ethyl adjacent to an activating group) is 1. The summed E-state index contributed by atoms with van der Waals surface area (Å²) in [6, 6.07) is 13.1. The number of ether oxygens (including phenoxy) is 1. The van der Waals surface area contributed by atoms with Gasteiger partial charge in [0.1, 0.15) is 4.88 Å². The molecule has 1 aromatic heterocycles. The van der Waals surface area contributed by atoms with E-state index >= 15 is 0 Å². The molecular weight excluding hydrogens is 274 g/mol. The van der Waals surface area contributed by atoms with Crippen molar-refractivity contribution in [2.75, 3.05) is 13.7 Å². The highest BCUT2D eigenvalue weighted by molar-refractivity contribution is 7.11. The molecule has 0 saturated carbocycles. The topological polar surface area (TPSA) is 46.6 Å². The van der Waals surface area contributed by atoms with Gasteiger partial charge < -0.3 is 9.64 Å². The lowest BCUT2D eigenvalue weighted by molar-refractivity contribution is -0.133. The summed E-state index contributed by atoms with van der Waals surface area (Å²) in [6.07, 6.45) is 0. The van der Waals surface area contributed by atoms with Gasteiger partial charge in [-0.05, 0) is 17.0 Å². The zero-order valence-electron chi connectivity index (χ0n) is 11.1. The molecule has 104 valence electrons. The lowest BCUT2D eigenvalue weighted by Crippen LogP contribution is -2.30. The van der Waals surface area contributed by atoms with E-state index in [-0.39, 0.29) is 12.5 Å². The average molecular weight is 289 g/mol. The highest BCUT2D eigenvalue weighted by Crippen LogP contribution is 2.10. The zero-order chi connectivity index (χ0) is 14.4. The fourth-order valence-electron chi connectivity index (χ4n) is 1.65. The monoisotopic (exact) mass is 289 g/mol. The van der Waals surface area contributed by atoms with Gasteiger partial charge in [0, 0.05) is 13.6 Å². The number of amides is 1. The van der Waals surface area contributed by atoms with Crippen molar-refractivity contribution in [2.24, 2.45) is 0 Å². The van der Waals surface area contributed by atoms with E-state index < -0.39 is 5.97 Å². The minimum atomic E-state index is -0.457. The third kappa shape index (κ3) is 3.93. The quantitative estimate of drug-likeness (QED) is 0.795. The van der Waals surface area contributed by atoms with Crippen LogP contribution in [0.1, 0.15) is 15.2 Å². The van der Waals surface area contributed by atoms with Gasteiger partial charge in [-0.15, -0.1) is 11.3 Å². The molecule has 1 heterocycles. The molecule has 4 nitrogen and oxygen atoms in total. The molecule has 0 fully saturated rings. The second-order valence-electron chi connectivity index (χ2n) is 4.29. The van der Waals surface area contributed by atoms with Gasteiger partial charge in [0.25, 0.3) is 5.91 Å². The smallest absolute Gasteiger partial charge is 0.348 e. The fraction of sp³-hybridized carbons (Fsp3) is 0.200. The molecule has 5 heteroatoms. The molecule has 0 saturated heterocycles. The SMILES string of the molecule is CN(Cc1ccccc1)C(=O)COC(=O)c1cccs1. The predicted molar refractivity (Wildman–Crippen MR) is 77.5 cm³/mol. The molecule has 0 aliphatic rings. The predicted octanol–water partition coefficient (Wildman–Crippen LogP) is 2.56. The molecule has 0 aliphatic carbocycles. The Labute approximate surface area is 121 Å². The standard InChI is InChI=1S/C15H15NO3S/c1-16(10-12-6-3-2-4-7-12)14(17)11-19-15(18)13-8-5-9-20-13/h2-9H,10-11H2,1H3. The van der Waals surface area contributed by atoms with Crippen LogP contribution in [-0.2, 0) is 16.1 Å². The van der Waals surface area contributed by atoms with Gasteiger partial charge in [-0.3, -0.25) is 4.79 Å². The van der Waals surface area contributed by atoms with Crippen molar-refractivity contribution in [3.05, 3.63) is 58.3 Å². The van der Waals surface area contributed by atoms with Crippen LogP contribution in [-0.4, -0.2) is 30.4 Å². The molecular formula is C15H15NO3S. The molecule has 0 unspecified atom stereocenters. The Hall–Kier alpha value is -2.14. The largest absolute Gasteiger partial charge is 0.451 e. The van der Waals surface area contributed by atoms with Crippen LogP contribution < -0.4 is 0 Å². The lowest BCUT2D eigenvalue weighted by Gasteiger charge is -2.17.